The summed E-state index contributed by atoms with van der Waals surface area (Å²) in [5.74, 6) is 1.01. The van der Waals surface area contributed by atoms with Crippen molar-refractivity contribution in [3.63, 3.8) is 0 Å². The van der Waals surface area contributed by atoms with Crippen molar-refractivity contribution in [2.45, 2.75) is 0 Å². The van der Waals surface area contributed by atoms with Crippen LogP contribution in [-0.4, -0.2) is 32.6 Å². The number of benzene rings is 2. The highest BCUT2D eigenvalue weighted by atomic mass is 35.5. The highest BCUT2D eigenvalue weighted by Crippen LogP contribution is 2.21. The van der Waals surface area contributed by atoms with Gasteiger partial charge in [0.05, 0.1) is 17.7 Å². The fourth-order valence-electron chi connectivity index (χ4n) is 2.67. The van der Waals surface area contributed by atoms with Crippen LogP contribution in [0.3, 0.4) is 0 Å². The molecule has 0 aliphatic carbocycles. The number of aromatic amines is 1. The van der Waals surface area contributed by atoms with E-state index in [1.807, 2.05) is 0 Å². The molecule has 140 valence electrons. The molecule has 28 heavy (non-hydrogen) atoms. The number of anilines is 1. The van der Waals surface area contributed by atoms with Crippen LogP contribution in [0.2, 0.25) is 5.02 Å². The van der Waals surface area contributed by atoms with E-state index >= 15 is 0 Å². The lowest BCUT2D eigenvalue weighted by Gasteiger charge is -2.07. The molecule has 0 spiro atoms. The molecule has 0 unspecified atom stereocenters. The molecule has 0 saturated carbocycles. The van der Waals surface area contributed by atoms with Gasteiger partial charge in [-0.2, -0.15) is 9.50 Å². The molecule has 8 nitrogen and oxygen atoms in total. The number of ether oxygens (including phenoxy) is 1. The highest BCUT2D eigenvalue weighted by molar-refractivity contribution is 6.34. The average Bonchev–Trinajstić information content (AvgIpc) is 3.12. The number of amides is 1. The van der Waals surface area contributed by atoms with E-state index in [0.29, 0.717) is 16.6 Å². The third-order valence-electron chi connectivity index (χ3n) is 4.05. The first-order valence-electron chi connectivity index (χ1n) is 8.25. The Morgan fingerprint density at radius 2 is 1.93 bits per heavy atom. The van der Waals surface area contributed by atoms with Gasteiger partial charge in [-0.25, -0.2) is 0 Å². The minimum absolute atomic E-state index is 0.177. The quantitative estimate of drug-likeness (QED) is 0.553. The van der Waals surface area contributed by atoms with Crippen LogP contribution < -0.4 is 15.6 Å². The van der Waals surface area contributed by atoms with Gasteiger partial charge in [0, 0.05) is 11.6 Å². The Morgan fingerprint density at radius 3 is 2.64 bits per heavy atom. The van der Waals surface area contributed by atoms with Crippen LogP contribution in [0.25, 0.3) is 17.2 Å². The van der Waals surface area contributed by atoms with Gasteiger partial charge in [0.1, 0.15) is 11.6 Å². The number of nitrogens with one attached hydrogen (secondary N) is 2. The van der Waals surface area contributed by atoms with E-state index in [-0.39, 0.29) is 17.2 Å². The van der Waals surface area contributed by atoms with E-state index in [4.69, 9.17) is 16.3 Å². The summed E-state index contributed by atoms with van der Waals surface area (Å²) < 4.78 is 6.50. The summed E-state index contributed by atoms with van der Waals surface area (Å²) in [5.41, 5.74) is 0.595. The number of hydrogen-bond acceptors (Lipinski definition) is 5. The number of nitrogens with zero attached hydrogens (tertiary/aromatic N) is 3. The van der Waals surface area contributed by atoms with Crippen LogP contribution in [0.5, 0.6) is 5.75 Å². The minimum Gasteiger partial charge on any atom is -0.497 e. The molecular formula is C19H14ClN5O3. The van der Waals surface area contributed by atoms with Crippen molar-refractivity contribution in [3.05, 3.63) is 75.5 Å². The van der Waals surface area contributed by atoms with E-state index in [1.165, 1.54) is 10.6 Å². The molecule has 9 heteroatoms. The molecule has 2 N–H and O–H groups in total. The fraction of sp³-hybridized carbons (Fsp3) is 0.0526. The maximum Gasteiger partial charge on any atom is 0.258 e. The summed E-state index contributed by atoms with van der Waals surface area (Å²) >= 11 is 6.07. The molecule has 0 atom stereocenters. The zero-order chi connectivity index (χ0) is 19.7. The second kappa shape index (κ2) is 7.16. The Kier molecular flexibility index (Phi) is 4.54. The number of methoxy groups -OCH3 is 1. The molecule has 4 aromatic rings. The van der Waals surface area contributed by atoms with Crippen molar-refractivity contribution >= 4 is 29.1 Å². The summed E-state index contributed by atoms with van der Waals surface area (Å²) in [7, 11) is 1.58. The summed E-state index contributed by atoms with van der Waals surface area (Å²) in [5, 5.41) is 7.36. The first kappa shape index (κ1) is 17.7. The van der Waals surface area contributed by atoms with E-state index in [2.05, 4.69) is 20.4 Å². The Morgan fingerprint density at radius 1 is 1.18 bits per heavy atom. The van der Waals surface area contributed by atoms with E-state index in [0.717, 1.165) is 5.56 Å². The maximum absolute atomic E-state index is 12.6. The zero-order valence-corrected chi connectivity index (χ0v) is 15.4. The van der Waals surface area contributed by atoms with Crippen LogP contribution in [0, 0.1) is 0 Å². The predicted molar refractivity (Wildman–Crippen MR) is 105 cm³/mol. The Hall–Kier alpha value is -3.65. The lowest BCUT2D eigenvalue weighted by Crippen LogP contribution is -2.19. The van der Waals surface area contributed by atoms with Crippen LogP contribution in [-0.2, 0) is 0 Å². The van der Waals surface area contributed by atoms with Crippen molar-refractivity contribution in [1.82, 2.24) is 19.6 Å². The summed E-state index contributed by atoms with van der Waals surface area (Å²) in [4.78, 5) is 31.5. The molecule has 4 rings (SSSR count). The number of carbonyl (C=O) groups is 1. The molecule has 0 bridgehead atoms. The summed E-state index contributed by atoms with van der Waals surface area (Å²) in [6.07, 6.45) is 0. The Balaban J connectivity index is 1.74. The van der Waals surface area contributed by atoms with Crippen molar-refractivity contribution in [2.75, 3.05) is 12.4 Å². The number of rotatable bonds is 4. The van der Waals surface area contributed by atoms with Gasteiger partial charge in [-0.1, -0.05) is 23.7 Å². The van der Waals surface area contributed by atoms with Crippen molar-refractivity contribution in [2.24, 2.45) is 0 Å². The predicted octanol–water partition coefficient (Wildman–Crippen LogP) is 3.00. The molecule has 0 saturated heterocycles. The molecule has 0 fully saturated rings. The normalized spacial score (nSPS) is 10.8. The average molecular weight is 396 g/mol. The second-order valence-corrected chi connectivity index (χ2v) is 6.26. The number of halogens is 1. The standard InChI is InChI=1S/C19H14ClN5O3/c1-28-12-8-6-11(7-9-12)17-23-19-22-16(26)10-15(25(19)24-17)21-18(27)13-4-2-3-5-14(13)20/h2-10H,1H3,(H,21,27)(H,22,23,24,26). The van der Waals surface area contributed by atoms with Gasteiger partial charge in [0.25, 0.3) is 11.5 Å². The van der Waals surface area contributed by atoms with Gasteiger partial charge in [0.2, 0.25) is 5.78 Å². The Labute approximate surface area is 163 Å². The zero-order valence-electron chi connectivity index (χ0n) is 14.6. The van der Waals surface area contributed by atoms with Crippen molar-refractivity contribution in [3.8, 4) is 17.1 Å². The molecule has 0 aliphatic heterocycles. The molecular weight excluding hydrogens is 382 g/mol. The maximum atomic E-state index is 12.6. The van der Waals surface area contributed by atoms with Crippen molar-refractivity contribution in [1.29, 1.82) is 0 Å². The lowest BCUT2D eigenvalue weighted by molar-refractivity contribution is 0.102. The van der Waals surface area contributed by atoms with Crippen LogP contribution in [0.1, 0.15) is 10.4 Å². The van der Waals surface area contributed by atoms with Crippen LogP contribution >= 0.6 is 11.6 Å². The lowest BCUT2D eigenvalue weighted by atomic mass is 10.2. The van der Waals surface area contributed by atoms with Gasteiger partial charge in [-0.05, 0) is 36.4 Å². The molecule has 0 radical (unpaired) electrons. The van der Waals surface area contributed by atoms with Gasteiger partial charge < -0.3 is 10.1 Å². The molecule has 0 aliphatic rings. The largest absolute Gasteiger partial charge is 0.497 e. The third kappa shape index (κ3) is 3.33. The smallest absolute Gasteiger partial charge is 0.258 e. The van der Waals surface area contributed by atoms with Gasteiger partial charge in [-0.3, -0.25) is 14.6 Å². The third-order valence-corrected chi connectivity index (χ3v) is 4.38. The summed E-state index contributed by atoms with van der Waals surface area (Å²) in [6.45, 7) is 0. The second-order valence-electron chi connectivity index (χ2n) is 5.85. The first-order valence-corrected chi connectivity index (χ1v) is 8.63. The van der Waals surface area contributed by atoms with E-state index in [9.17, 15) is 9.59 Å². The molecule has 2 heterocycles. The molecule has 2 aromatic heterocycles. The molecule has 1 amide bonds. The SMILES string of the molecule is COc1ccc(-c2nc3[nH]c(=O)cc(NC(=O)c4ccccc4Cl)n3n2)cc1. The van der Waals surface area contributed by atoms with Gasteiger partial charge in [0.15, 0.2) is 5.82 Å². The number of fused-ring (bicyclic) bond motifs is 1. The first-order chi connectivity index (χ1) is 13.5. The molecule has 2 aromatic carbocycles. The fourth-order valence-corrected chi connectivity index (χ4v) is 2.89. The highest BCUT2D eigenvalue weighted by Gasteiger charge is 2.15. The van der Waals surface area contributed by atoms with Crippen LogP contribution in [0.15, 0.2) is 59.4 Å². The van der Waals surface area contributed by atoms with E-state index in [1.54, 1.807) is 55.6 Å². The number of aromatic nitrogens is 4. The van der Waals surface area contributed by atoms with E-state index < -0.39 is 11.5 Å². The topological polar surface area (TPSA) is 101 Å². The van der Waals surface area contributed by atoms with Crippen LogP contribution in [0.4, 0.5) is 5.82 Å². The number of H-pyrrole nitrogens is 1. The monoisotopic (exact) mass is 395 g/mol. The van der Waals surface area contributed by atoms with Gasteiger partial charge in [-0.15, -0.1) is 5.10 Å². The van der Waals surface area contributed by atoms with Crippen molar-refractivity contribution < 1.29 is 9.53 Å². The Bertz CT molecular complexity index is 1230. The summed E-state index contributed by atoms with van der Waals surface area (Å²) in [6, 6.07) is 15.0. The van der Waals surface area contributed by atoms with Gasteiger partial charge >= 0.3 is 0 Å². The number of hydrogen-bond donors (Lipinski definition) is 2. The minimum atomic E-state index is -0.459. The number of carbonyl (C=O) groups excluding carboxylic acids is 1.